The van der Waals surface area contributed by atoms with Crippen LogP contribution in [-0.4, -0.2) is 40.3 Å². The average molecular weight is 272 g/mol. The van der Waals surface area contributed by atoms with Crippen molar-refractivity contribution in [2.45, 2.75) is 32.8 Å². The third-order valence-electron chi connectivity index (χ3n) is 2.64. The second-order valence-electron chi connectivity index (χ2n) is 4.69. The van der Waals surface area contributed by atoms with E-state index in [1.807, 2.05) is 13.2 Å². The van der Waals surface area contributed by atoms with Gasteiger partial charge in [0.05, 0.1) is 17.7 Å². The van der Waals surface area contributed by atoms with Gasteiger partial charge in [-0.1, -0.05) is 5.16 Å². The van der Waals surface area contributed by atoms with Crippen LogP contribution >= 0.6 is 11.8 Å². The summed E-state index contributed by atoms with van der Waals surface area (Å²) in [4.78, 5) is 11.8. The summed E-state index contributed by atoms with van der Waals surface area (Å²) in [6.07, 6.45) is 2.15. The number of thioether (sulfide) groups is 1. The molecule has 0 spiro atoms. The van der Waals surface area contributed by atoms with E-state index in [1.165, 1.54) is 0 Å². The minimum Gasteiger partial charge on any atom is -0.387 e. The van der Waals surface area contributed by atoms with Gasteiger partial charge < -0.3 is 14.9 Å². The van der Waals surface area contributed by atoms with Gasteiger partial charge in [-0.2, -0.15) is 11.8 Å². The Balaban J connectivity index is 2.48. The summed E-state index contributed by atoms with van der Waals surface area (Å²) in [6, 6.07) is 0. The molecular weight excluding hydrogens is 252 g/mol. The normalized spacial score (nSPS) is 14.3. The van der Waals surface area contributed by atoms with Crippen molar-refractivity contribution in [3.05, 3.63) is 17.0 Å². The Labute approximate surface area is 111 Å². The number of carbonyl (C=O) groups is 1. The number of nitrogens with zero attached hydrogens (tertiary/aromatic N) is 1. The molecule has 102 valence electrons. The van der Waals surface area contributed by atoms with Gasteiger partial charge in [0.1, 0.15) is 5.76 Å². The second-order valence-corrected chi connectivity index (χ2v) is 5.55. The highest BCUT2D eigenvalue weighted by atomic mass is 32.2. The molecule has 0 saturated carbocycles. The van der Waals surface area contributed by atoms with Crippen molar-refractivity contribution in [1.29, 1.82) is 0 Å². The fourth-order valence-electron chi connectivity index (χ4n) is 1.63. The van der Waals surface area contributed by atoms with Crippen LogP contribution in [0.4, 0.5) is 0 Å². The lowest BCUT2D eigenvalue weighted by Crippen LogP contribution is -2.43. The summed E-state index contributed by atoms with van der Waals surface area (Å²) >= 11 is 1.54. The van der Waals surface area contributed by atoms with Crippen LogP contribution in [0.15, 0.2) is 4.52 Å². The topological polar surface area (TPSA) is 75.4 Å². The lowest BCUT2D eigenvalue weighted by atomic mass is 10.1. The summed E-state index contributed by atoms with van der Waals surface area (Å²) in [5.41, 5.74) is 0.670. The number of aliphatic hydroxyl groups is 1. The van der Waals surface area contributed by atoms with Crippen molar-refractivity contribution in [1.82, 2.24) is 10.5 Å². The van der Waals surface area contributed by atoms with Crippen LogP contribution in [0.2, 0.25) is 0 Å². The first kappa shape index (κ1) is 15.0. The monoisotopic (exact) mass is 272 g/mol. The zero-order valence-corrected chi connectivity index (χ0v) is 12.1. The molecule has 0 aliphatic rings. The molecule has 0 bridgehead atoms. The summed E-state index contributed by atoms with van der Waals surface area (Å²) < 4.78 is 5.00. The van der Waals surface area contributed by atoms with Crippen LogP contribution in [0.3, 0.4) is 0 Å². The predicted octanol–water partition coefficient (Wildman–Crippen LogP) is 1.06. The van der Waals surface area contributed by atoms with Crippen molar-refractivity contribution in [3.8, 4) is 0 Å². The van der Waals surface area contributed by atoms with E-state index in [0.29, 0.717) is 11.5 Å². The molecule has 1 aromatic rings. The number of aromatic nitrogens is 1. The van der Waals surface area contributed by atoms with E-state index in [-0.39, 0.29) is 18.9 Å². The van der Waals surface area contributed by atoms with Crippen molar-refractivity contribution in [2.24, 2.45) is 0 Å². The zero-order valence-electron chi connectivity index (χ0n) is 11.2. The molecule has 1 rings (SSSR count). The number of amides is 1. The van der Waals surface area contributed by atoms with Crippen LogP contribution in [0.1, 0.15) is 23.9 Å². The van der Waals surface area contributed by atoms with Gasteiger partial charge in [-0.25, -0.2) is 0 Å². The van der Waals surface area contributed by atoms with E-state index in [9.17, 15) is 9.90 Å². The van der Waals surface area contributed by atoms with Crippen LogP contribution in [0.25, 0.3) is 0 Å². The third kappa shape index (κ3) is 4.34. The number of nitrogens with one attached hydrogen (secondary N) is 1. The highest BCUT2D eigenvalue weighted by molar-refractivity contribution is 7.98. The lowest BCUT2D eigenvalue weighted by Gasteiger charge is -2.22. The van der Waals surface area contributed by atoms with Crippen LogP contribution in [0.5, 0.6) is 0 Å². The van der Waals surface area contributed by atoms with Crippen molar-refractivity contribution < 1.29 is 14.4 Å². The second kappa shape index (κ2) is 6.24. The molecule has 0 aliphatic heterocycles. The van der Waals surface area contributed by atoms with Gasteiger partial charge in [-0.3, -0.25) is 4.79 Å². The van der Waals surface area contributed by atoms with Crippen molar-refractivity contribution in [3.63, 3.8) is 0 Å². The number of aryl methyl sites for hydroxylation is 2. The predicted molar refractivity (Wildman–Crippen MR) is 71.7 cm³/mol. The average Bonchev–Trinajstić information content (AvgIpc) is 2.58. The molecule has 1 amide bonds. The first-order valence-corrected chi connectivity index (χ1v) is 7.15. The highest BCUT2D eigenvalue weighted by Crippen LogP contribution is 2.13. The fourth-order valence-corrected chi connectivity index (χ4v) is 2.35. The Kier molecular flexibility index (Phi) is 5.22. The molecule has 0 fully saturated rings. The maximum Gasteiger partial charge on any atom is 0.224 e. The van der Waals surface area contributed by atoms with Gasteiger partial charge in [0.2, 0.25) is 5.91 Å². The maximum absolute atomic E-state index is 11.8. The van der Waals surface area contributed by atoms with E-state index < -0.39 is 5.60 Å². The first-order chi connectivity index (χ1) is 8.35. The first-order valence-electron chi connectivity index (χ1n) is 5.75. The molecule has 2 N–H and O–H groups in total. The minimum absolute atomic E-state index is 0.134. The lowest BCUT2D eigenvalue weighted by molar-refractivity contribution is -0.121. The SMILES string of the molecule is CSC[C@](C)(O)CNC(=O)Cc1c(C)noc1C. The number of rotatable bonds is 6. The summed E-state index contributed by atoms with van der Waals surface area (Å²) in [7, 11) is 0. The smallest absolute Gasteiger partial charge is 0.224 e. The molecule has 1 atom stereocenters. The van der Waals surface area contributed by atoms with Crippen molar-refractivity contribution in [2.75, 3.05) is 18.6 Å². The molecule has 18 heavy (non-hydrogen) atoms. The maximum atomic E-state index is 11.8. The largest absolute Gasteiger partial charge is 0.387 e. The Morgan fingerprint density at radius 2 is 2.22 bits per heavy atom. The van der Waals surface area contributed by atoms with E-state index in [2.05, 4.69) is 10.5 Å². The minimum atomic E-state index is -0.881. The van der Waals surface area contributed by atoms with Crippen molar-refractivity contribution >= 4 is 17.7 Å². The Morgan fingerprint density at radius 3 is 2.72 bits per heavy atom. The Morgan fingerprint density at radius 1 is 1.56 bits per heavy atom. The van der Waals surface area contributed by atoms with Gasteiger partial charge in [0.15, 0.2) is 0 Å². The van der Waals surface area contributed by atoms with E-state index in [4.69, 9.17) is 4.52 Å². The Hall–Kier alpha value is -1.01. The fraction of sp³-hybridized carbons (Fsp3) is 0.667. The molecule has 0 radical (unpaired) electrons. The molecule has 6 heteroatoms. The molecule has 5 nitrogen and oxygen atoms in total. The zero-order chi connectivity index (χ0) is 13.8. The van der Waals surface area contributed by atoms with Gasteiger partial charge in [0.25, 0.3) is 0 Å². The molecule has 1 aromatic heterocycles. The molecule has 0 saturated heterocycles. The molecule has 0 aromatic carbocycles. The van der Waals surface area contributed by atoms with Crippen LogP contribution in [-0.2, 0) is 11.2 Å². The number of hydrogen-bond donors (Lipinski definition) is 2. The quantitative estimate of drug-likeness (QED) is 0.810. The summed E-state index contributed by atoms with van der Waals surface area (Å²) in [6.45, 7) is 5.55. The van der Waals surface area contributed by atoms with E-state index in [0.717, 1.165) is 11.3 Å². The highest BCUT2D eigenvalue weighted by Gasteiger charge is 2.21. The van der Waals surface area contributed by atoms with Gasteiger partial charge in [-0.15, -0.1) is 0 Å². The van der Waals surface area contributed by atoms with E-state index in [1.54, 1.807) is 25.6 Å². The number of hydrogen-bond acceptors (Lipinski definition) is 5. The summed E-state index contributed by atoms with van der Waals surface area (Å²) in [5.74, 6) is 1.11. The van der Waals surface area contributed by atoms with E-state index >= 15 is 0 Å². The molecule has 1 heterocycles. The number of carbonyl (C=O) groups excluding carboxylic acids is 1. The molecular formula is C12H20N2O3S. The molecule has 0 unspecified atom stereocenters. The summed E-state index contributed by atoms with van der Waals surface area (Å²) in [5, 5.41) is 16.5. The third-order valence-corrected chi connectivity index (χ3v) is 3.55. The van der Waals surface area contributed by atoms with Crippen LogP contribution < -0.4 is 5.32 Å². The molecule has 0 aliphatic carbocycles. The standard InChI is InChI=1S/C12H20N2O3S/c1-8-10(9(2)17-14-8)5-11(15)13-6-12(3,16)7-18-4/h16H,5-7H2,1-4H3,(H,13,15)/t12-/m1/s1. The van der Waals surface area contributed by atoms with Gasteiger partial charge in [-0.05, 0) is 27.0 Å². The van der Waals surface area contributed by atoms with Crippen LogP contribution in [0, 0.1) is 13.8 Å². The Bertz CT molecular complexity index is 396. The van der Waals surface area contributed by atoms with Gasteiger partial charge in [0, 0.05) is 17.9 Å². The van der Waals surface area contributed by atoms with Gasteiger partial charge >= 0.3 is 0 Å².